The van der Waals surface area contributed by atoms with Gasteiger partial charge < -0.3 is 15.8 Å². The Morgan fingerprint density at radius 2 is 2.00 bits per heavy atom. The first-order valence-corrected chi connectivity index (χ1v) is 6.24. The van der Waals surface area contributed by atoms with Gasteiger partial charge in [-0.25, -0.2) is 9.97 Å². The summed E-state index contributed by atoms with van der Waals surface area (Å²) >= 11 is 0. The molecule has 0 bridgehead atoms. The van der Waals surface area contributed by atoms with Crippen molar-refractivity contribution in [2.24, 2.45) is 5.73 Å². The van der Waals surface area contributed by atoms with E-state index in [1.165, 1.54) is 0 Å². The number of nitrogens with zero attached hydrogens (tertiary/aromatic N) is 2. The molecule has 19 heavy (non-hydrogen) atoms. The van der Waals surface area contributed by atoms with Gasteiger partial charge in [-0.1, -0.05) is 0 Å². The third kappa shape index (κ3) is 3.66. The summed E-state index contributed by atoms with van der Waals surface area (Å²) in [5.41, 5.74) is 7.37. The van der Waals surface area contributed by atoms with Crippen LogP contribution in [0.4, 0.5) is 5.82 Å². The maximum Gasteiger partial charge on any atom is 0.129 e. The average molecular weight is 258 g/mol. The molecule has 100 valence electrons. The monoisotopic (exact) mass is 258 g/mol. The van der Waals surface area contributed by atoms with E-state index in [0.717, 1.165) is 35.8 Å². The second-order valence-electron chi connectivity index (χ2n) is 4.09. The first-order valence-electron chi connectivity index (χ1n) is 6.24. The highest BCUT2D eigenvalue weighted by Crippen LogP contribution is 2.21. The predicted molar refractivity (Wildman–Crippen MR) is 76.2 cm³/mol. The normalized spacial score (nSPS) is 10.2. The third-order valence-electron chi connectivity index (χ3n) is 2.74. The lowest BCUT2D eigenvalue weighted by Crippen LogP contribution is -2.09. The van der Waals surface area contributed by atoms with Gasteiger partial charge in [0.25, 0.3) is 0 Å². The van der Waals surface area contributed by atoms with Crippen LogP contribution >= 0.6 is 0 Å². The minimum absolute atomic E-state index is 0.670. The molecule has 0 aliphatic carbocycles. The molecule has 3 N–H and O–H groups in total. The van der Waals surface area contributed by atoms with Crippen LogP contribution < -0.4 is 15.8 Å². The lowest BCUT2D eigenvalue weighted by Gasteiger charge is -2.07. The van der Waals surface area contributed by atoms with Crippen molar-refractivity contribution in [3.8, 4) is 17.0 Å². The molecule has 0 saturated heterocycles. The Labute approximate surface area is 112 Å². The van der Waals surface area contributed by atoms with E-state index in [9.17, 15) is 0 Å². The number of ether oxygens (including phenoxy) is 1. The Morgan fingerprint density at radius 1 is 1.21 bits per heavy atom. The highest BCUT2D eigenvalue weighted by Gasteiger charge is 2.02. The zero-order chi connectivity index (χ0) is 13.5. The molecular formula is C14H18N4O. The number of aromatic nitrogens is 2. The van der Waals surface area contributed by atoms with Gasteiger partial charge in [0.15, 0.2) is 0 Å². The molecule has 0 amide bonds. The van der Waals surface area contributed by atoms with Crippen LogP contribution in [0, 0.1) is 0 Å². The molecule has 0 fully saturated rings. The topological polar surface area (TPSA) is 73.1 Å². The minimum Gasteiger partial charge on any atom is -0.497 e. The van der Waals surface area contributed by atoms with Gasteiger partial charge in [-0.3, -0.25) is 0 Å². The van der Waals surface area contributed by atoms with Gasteiger partial charge in [0, 0.05) is 18.2 Å². The second kappa shape index (κ2) is 6.70. The molecule has 0 aliphatic rings. The highest BCUT2D eigenvalue weighted by atomic mass is 16.5. The Kier molecular flexibility index (Phi) is 4.69. The van der Waals surface area contributed by atoms with Crippen molar-refractivity contribution in [3.63, 3.8) is 0 Å². The van der Waals surface area contributed by atoms with Crippen molar-refractivity contribution in [1.29, 1.82) is 0 Å². The van der Waals surface area contributed by atoms with Crippen molar-refractivity contribution >= 4 is 5.82 Å². The number of anilines is 1. The third-order valence-corrected chi connectivity index (χ3v) is 2.74. The van der Waals surface area contributed by atoms with Crippen molar-refractivity contribution in [3.05, 3.63) is 36.7 Å². The summed E-state index contributed by atoms with van der Waals surface area (Å²) in [6.45, 7) is 1.49. The van der Waals surface area contributed by atoms with E-state index in [0.29, 0.717) is 6.54 Å². The van der Waals surface area contributed by atoms with E-state index in [1.807, 2.05) is 30.3 Å². The molecule has 5 heteroatoms. The van der Waals surface area contributed by atoms with E-state index in [-0.39, 0.29) is 0 Å². The number of methoxy groups -OCH3 is 1. The lowest BCUT2D eigenvalue weighted by molar-refractivity contribution is 0.415. The van der Waals surface area contributed by atoms with Crippen molar-refractivity contribution in [1.82, 2.24) is 9.97 Å². The summed E-state index contributed by atoms with van der Waals surface area (Å²) in [7, 11) is 1.65. The summed E-state index contributed by atoms with van der Waals surface area (Å²) in [5, 5.41) is 3.22. The fourth-order valence-corrected chi connectivity index (χ4v) is 1.69. The Hall–Kier alpha value is -2.14. The van der Waals surface area contributed by atoms with Gasteiger partial charge in [0.05, 0.1) is 12.8 Å². The summed E-state index contributed by atoms with van der Waals surface area (Å²) < 4.78 is 5.14. The van der Waals surface area contributed by atoms with Gasteiger partial charge in [0.2, 0.25) is 0 Å². The molecule has 0 atom stereocenters. The van der Waals surface area contributed by atoms with Crippen LogP contribution in [0.3, 0.4) is 0 Å². The van der Waals surface area contributed by atoms with Crippen LogP contribution in [0.25, 0.3) is 11.3 Å². The number of nitrogens with one attached hydrogen (secondary N) is 1. The predicted octanol–water partition coefficient (Wildman–Crippen LogP) is 1.91. The van der Waals surface area contributed by atoms with Crippen LogP contribution in [-0.4, -0.2) is 30.2 Å². The van der Waals surface area contributed by atoms with Crippen LogP contribution in [0.1, 0.15) is 6.42 Å². The van der Waals surface area contributed by atoms with E-state index in [4.69, 9.17) is 10.5 Å². The molecule has 5 nitrogen and oxygen atoms in total. The highest BCUT2D eigenvalue weighted by molar-refractivity contribution is 5.62. The summed E-state index contributed by atoms with van der Waals surface area (Å²) in [6.07, 6.45) is 2.48. The van der Waals surface area contributed by atoms with Crippen molar-refractivity contribution in [2.75, 3.05) is 25.5 Å². The first-order chi connectivity index (χ1) is 9.33. The Morgan fingerprint density at radius 3 is 2.68 bits per heavy atom. The molecule has 1 aromatic carbocycles. The van der Waals surface area contributed by atoms with E-state index in [2.05, 4.69) is 15.3 Å². The Balaban J connectivity index is 2.12. The standard InChI is InChI=1S/C14H18N4O/c1-19-12-5-3-11(4-6-12)13-9-14(18-10-17-13)16-8-2-7-15/h3-6,9-10H,2,7-8,15H2,1H3,(H,16,17,18). The fourth-order valence-electron chi connectivity index (χ4n) is 1.69. The fraction of sp³-hybridized carbons (Fsp3) is 0.286. The number of hydrogen-bond acceptors (Lipinski definition) is 5. The Bertz CT molecular complexity index is 513. The first kappa shape index (κ1) is 13.3. The smallest absolute Gasteiger partial charge is 0.129 e. The van der Waals surface area contributed by atoms with Crippen molar-refractivity contribution in [2.45, 2.75) is 6.42 Å². The zero-order valence-corrected chi connectivity index (χ0v) is 11.0. The van der Waals surface area contributed by atoms with E-state index >= 15 is 0 Å². The lowest BCUT2D eigenvalue weighted by atomic mass is 10.1. The SMILES string of the molecule is COc1ccc(-c2cc(NCCCN)ncn2)cc1. The minimum atomic E-state index is 0.670. The number of benzene rings is 1. The summed E-state index contributed by atoms with van der Waals surface area (Å²) in [4.78, 5) is 8.46. The van der Waals surface area contributed by atoms with Gasteiger partial charge in [-0.05, 0) is 37.2 Å². The molecule has 0 spiro atoms. The summed E-state index contributed by atoms with van der Waals surface area (Å²) in [6, 6.07) is 9.71. The maximum atomic E-state index is 5.46. The van der Waals surface area contributed by atoms with Gasteiger partial charge in [-0.2, -0.15) is 0 Å². The van der Waals surface area contributed by atoms with Crippen LogP contribution in [0.5, 0.6) is 5.75 Å². The second-order valence-corrected chi connectivity index (χ2v) is 4.09. The molecule has 2 aromatic rings. The molecular weight excluding hydrogens is 240 g/mol. The molecule has 1 heterocycles. The molecule has 2 rings (SSSR count). The molecule has 0 radical (unpaired) electrons. The van der Waals surface area contributed by atoms with Gasteiger partial charge >= 0.3 is 0 Å². The molecule has 0 unspecified atom stereocenters. The van der Waals surface area contributed by atoms with Gasteiger partial charge in [0.1, 0.15) is 17.9 Å². The van der Waals surface area contributed by atoms with Gasteiger partial charge in [-0.15, -0.1) is 0 Å². The van der Waals surface area contributed by atoms with E-state index in [1.54, 1.807) is 13.4 Å². The average Bonchev–Trinajstić information content (AvgIpc) is 2.48. The maximum absolute atomic E-state index is 5.46. The van der Waals surface area contributed by atoms with Crippen LogP contribution in [0.2, 0.25) is 0 Å². The number of hydrogen-bond donors (Lipinski definition) is 2. The zero-order valence-electron chi connectivity index (χ0n) is 11.0. The number of nitrogens with two attached hydrogens (primary N) is 1. The molecule has 1 aromatic heterocycles. The summed E-state index contributed by atoms with van der Waals surface area (Å²) in [5.74, 6) is 1.65. The molecule has 0 aliphatic heterocycles. The quantitative estimate of drug-likeness (QED) is 0.774. The molecule has 0 saturated carbocycles. The van der Waals surface area contributed by atoms with Crippen LogP contribution in [0.15, 0.2) is 36.7 Å². The van der Waals surface area contributed by atoms with Crippen LogP contribution in [-0.2, 0) is 0 Å². The number of rotatable bonds is 6. The largest absolute Gasteiger partial charge is 0.497 e. The van der Waals surface area contributed by atoms with E-state index < -0.39 is 0 Å². The van der Waals surface area contributed by atoms with Crippen molar-refractivity contribution < 1.29 is 4.74 Å².